The monoisotopic (exact) mass is 348 g/mol. The molecule has 0 aliphatic rings. The molecule has 4 heteroatoms. The Morgan fingerprint density at radius 3 is 2.43 bits per heavy atom. The van der Waals surface area contributed by atoms with E-state index < -0.39 is 0 Å². The number of aromatic nitrogens is 2. The third-order valence-corrected chi connectivity index (χ3v) is 4.02. The van der Waals surface area contributed by atoms with Crippen molar-refractivity contribution in [1.82, 2.24) is 9.78 Å². The van der Waals surface area contributed by atoms with Gasteiger partial charge in [-0.05, 0) is 40.8 Å². The molecular weight excluding hydrogens is 328 g/mol. The molecule has 21 heavy (non-hydrogen) atoms. The molecule has 0 amide bonds. The van der Waals surface area contributed by atoms with Crippen LogP contribution in [-0.4, -0.2) is 15.6 Å². The minimum Gasteiger partial charge on any atom is -0.287 e. The smallest absolute Gasteiger partial charge is 0.212 e. The first kappa shape index (κ1) is 16.0. The van der Waals surface area contributed by atoms with Crippen molar-refractivity contribution in [2.45, 2.75) is 46.1 Å². The molecule has 0 saturated heterocycles. The Bertz CT molecular complexity index is 666. The van der Waals surface area contributed by atoms with Crippen molar-refractivity contribution in [2.75, 3.05) is 0 Å². The van der Waals surface area contributed by atoms with Gasteiger partial charge in [0.2, 0.25) is 5.78 Å². The second kappa shape index (κ2) is 5.76. The zero-order valence-electron chi connectivity index (χ0n) is 13.1. The van der Waals surface area contributed by atoms with E-state index in [1.165, 1.54) is 0 Å². The molecule has 1 aromatic heterocycles. The van der Waals surface area contributed by atoms with Crippen molar-refractivity contribution < 1.29 is 4.79 Å². The van der Waals surface area contributed by atoms with Crippen LogP contribution in [-0.2, 0) is 5.41 Å². The Balaban J connectivity index is 2.59. The van der Waals surface area contributed by atoms with Gasteiger partial charge < -0.3 is 0 Å². The van der Waals surface area contributed by atoms with Crippen LogP contribution in [0.3, 0.4) is 0 Å². The van der Waals surface area contributed by atoms with Gasteiger partial charge in [0.25, 0.3) is 0 Å². The quantitative estimate of drug-likeness (QED) is 0.749. The molecule has 0 spiro atoms. The normalized spacial score (nSPS) is 12.0. The largest absolute Gasteiger partial charge is 0.287 e. The highest BCUT2D eigenvalue weighted by atomic mass is 79.9. The van der Waals surface area contributed by atoms with Crippen molar-refractivity contribution >= 4 is 21.7 Å². The lowest BCUT2D eigenvalue weighted by Gasteiger charge is -2.22. The van der Waals surface area contributed by atoms with E-state index in [2.05, 4.69) is 41.8 Å². The maximum Gasteiger partial charge on any atom is 0.212 e. The fraction of sp³-hybridized carbons (Fsp3) is 0.412. The van der Waals surface area contributed by atoms with E-state index >= 15 is 0 Å². The highest BCUT2D eigenvalue weighted by Crippen LogP contribution is 2.29. The fourth-order valence-corrected chi connectivity index (χ4v) is 2.86. The topological polar surface area (TPSA) is 34.9 Å². The third-order valence-electron chi connectivity index (χ3n) is 3.43. The van der Waals surface area contributed by atoms with Gasteiger partial charge in [-0.25, -0.2) is 0 Å². The van der Waals surface area contributed by atoms with E-state index in [0.717, 1.165) is 15.6 Å². The Labute approximate surface area is 134 Å². The molecule has 1 heterocycles. The summed E-state index contributed by atoms with van der Waals surface area (Å²) >= 11 is 3.45. The van der Waals surface area contributed by atoms with Crippen LogP contribution in [0.2, 0.25) is 0 Å². The lowest BCUT2D eigenvalue weighted by Crippen LogP contribution is -2.20. The van der Waals surface area contributed by atoms with Gasteiger partial charge in [-0.3, -0.25) is 9.48 Å². The summed E-state index contributed by atoms with van der Waals surface area (Å²) in [6.07, 6.45) is 1.69. The molecule has 0 aliphatic carbocycles. The second-order valence-electron chi connectivity index (χ2n) is 6.50. The first-order valence-corrected chi connectivity index (χ1v) is 7.90. The number of carbonyl (C=O) groups is 1. The summed E-state index contributed by atoms with van der Waals surface area (Å²) in [6.45, 7) is 10.4. The van der Waals surface area contributed by atoms with Crippen LogP contribution in [0, 0.1) is 0 Å². The maximum atomic E-state index is 13.0. The predicted octanol–water partition coefficient (Wildman–Crippen LogP) is 4.76. The van der Waals surface area contributed by atoms with Crippen molar-refractivity contribution in [1.29, 1.82) is 0 Å². The molecule has 112 valence electrons. The number of rotatable bonds is 3. The van der Waals surface area contributed by atoms with E-state index in [1.807, 2.05) is 38.1 Å². The molecular formula is C17H21BrN2O. The Kier molecular flexibility index (Phi) is 4.38. The third kappa shape index (κ3) is 3.10. The standard InChI is InChI=1S/C17H21BrN2O/c1-11(2)20-15(14(18)10-19-20)16(21)12-8-6-7-9-13(12)17(3,4)5/h6-11H,1-5H3. The van der Waals surface area contributed by atoms with Crippen molar-refractivity contribution in [2.24, 2.45) is 0 Å². The van der Waals surface area contributed by atoms with Crippen LogP contribution in [0.15, 0.2) is 34.9 Å². The number of hydrogen-bond acceptors (Lipinski definition) is 2. The second-order valence-corrected chi connectivity index (χ2v) is 7.36. The zero-order valence-corrected chi connectivity index (χ0v) is 14.7. The Hall–Kier alpha value is -1.42. The highest BCUT2D eigenvalue weighted by Gasteiger charge is 2.26. The van der Waals surface area contributed by atoms with Crippen molar-refractivity contribution in [3.8, 4) is 0 Å². The van der Waals surface area contributed by atoms with Gasteiger partial charge in [0, 0.05) is 11.6 Å². The summed E-state index contributed by atoms with van der Waals surface area (Å²) in [5, 5.41) is 4.30. The molecule has 0 saturated carbocycles. The molecule has 2 rings (SSSR count). The minimum atomic E-state index is -0.0819. The SMILES string of the molecule is CC(C)n1ncc(Br)c1C(=O)c1ccccc1C(C)(C)C. The minimum absolute atomic E-state index is 0.0126. The van der Waals surface area contributed by atoms with Gasteiger partial charge in [-0.15, -0.1) is 0 Å². The Morgan fingerprint density at radius 2 is 1.86 bits per heavy atom. The van der Waals surface area contributed by atoms with Gasteiger partial charge in [0.15, 0.2) is 0 Å². The molecule has 1 aromatic carbocycles. The van der Waals surface area contributed by atoms with Crippen LogP contribution >= 0.6 is 15.9 Å². The summed E-state index contributed by atoms with van der Waals surface area (Å²) in [5.74, 6) is 0.0126. The molecule has 2 aromatic rings. The van der Waals surface area contributed by atoms with E-state index in [0.29, 0.717) is 5.69 Å². The summed E-state index contributed by atoms with van der Waals surface area (Å²) in [5.41, 5.74) is 2.33. The Morgan fingerprint density at radius 1 is 1.24 bits per heavy atom. The lowest BCUT2D eigenvalue weighted by molar-refractivity contribution is 0.102. The average Bonchev–Trinajstić information content (AvgIpc) is 2.79. The number of nitrogens with zero attached hydrogens (tertiary/aromatic N) is 2. The van der Waals surface area contributed by atoms with Gasteiger partial charge in [-0.1, -0.05) is 45.0 Å². The van der Waals surface area contributed by atoms with Crippen LogP contribution in [0.4, 0.5) is 0 Å². The number of carbonyl (C=O) groups excluding carboxylic acids is 1. The summed E-state index contributed by atoms with van der Waals surface area (Å²) in [6, 6.07) is 7.94. The molecule has 0 atom stereocenters. The van der Waals surface area contributed by atoms with Crippen molar-refractivity contribution in [3.63, 3.8) is 0 Å². The van der Waals surface area contributed by atoms with Gasteiger partial charge in [-0.2, -0.15) is 5.10 Å². The van der Waals surface area contributed by atoms with E-state index in [-0.39, 0.29) is 17.2 Å². The predicted molar refractivity (Wildman–Crippen MR) is 88.9 cm³/mol. The summed E-state index contributed by atoms with van der Waals surface area (Å²) < 4.78 is 2.51. The molecule has 0 fully saturated rings. The molecule has 0 N–H and O–H groups in total. The molecule has 0 radical (unpaired) electrons. The van der Waals surface area contributed by atoms with E-state index in [1.54, 1.807) is 10.9 Å². The van der Waals surface area contributed by atoms with Crippen LogP contribution < -0.4 is 0 Å². The van der Waals surface area contributed by atoms with Crippen LogP contribution in [0.25, 0.3) is 0 Å². The van der Waals surface area contributed by atoms with Crippen LogP contribution in [0.1, 0.15) is 62.3 Å². The van der Waals surface area contributed by atoms with Gasteiger partial charge in [0.05, 0.1) is 10.7 Å². The number of ketones is 1. The highest BCUT2D eigenvalue weighted by molar-refractivity contribution is 9.10. The van der Waals surface area contributed by atoms with Gasteiger partial charge >= 0.3 is 0 Å². The average molecular weight is 349 g/mol. The number of hydrogen-bond donors (Lipinski definition) is 0. The molecule has 3 nitrogen and oxygen atoms in total. The number of halogens is 1. The number of benzene rings is 1. The first-order chi connectivity index (χ1) is 9.73. The summed E-state index contributed by atoms with van der Waals surface area (Å²) in [7, 11) is 0. The fourth-order valence-electron chi connectivity index (χ4n) is 2.41. The van der Waals surface area contributed by atoms with Gasteiger partial charge in [0.1, 0.15) is 5.69 Å². The summed E-state index contributed by atoms with van der Waals surface area (Å²) in [4.78, 5) is 13.0. The van der Waals surface area contributed by atoms with E-state index in [4.69, 9.17) is 0 Å². The lowest BCUT2D eigenvalue weighted by atomic mass is 9.82. The molecule has 0 aliphatic heterocycles. The van der Waals surface area contributed by atoms with Crippen molar-refractivity contribution in [3.05, 3.63) is 51.8 Å². The maximum absolute atomic E-state index is 13.0. The van der Waals surface area contributed by atoms with E-state index in [9.17, 15) is 4.79 Å². The van der Waals surface area contributed by atoms with Crippen LogP contribution in [0.5, 0.6) is 0 Å². The first-order valence-electron chi connectivity index (χ1n) is 7.10. The molecule has 0 bridgehead atoms. The molecule has 0 unspecified atom stereocenters. The zero-order chi connectivity index (χ0) is 15.8.